The lowest BCUT2D eigenvalue weighted by Gasteiger charge is -2.35. The minimum atomic E-state index is -3.18. The van der Waals surface area contributed by atoms with E-state index < -0.39 is 10.0 Å². The molecule has 1 heterocycles. The fourth-order valence-corrected chi connectivity index (χ4v) is 4.12. The van der Waals surface area contributed by atoms with Crippen molar-refractivity contribution in [1.82, 2.24) is 4.31 Å². The standard InChI is InChI=1S/C21H27N3O4S/c1-16(2)28-18-8-6-7-17(15-18)21(25)22-19-9-4-5-10-20(19)23-11-13-24(14-12-23)29(3,26)27/h4-10,15-16H,11-14H2,1-3H3,(H,22,25). The quantitative estimate of drug-likeness (QED) is 0.782. The summed E-state index contributed by atoms with van der Waals surface area (Å²) >= 11 is 0. The van der Waals surface area contributed by atoms with Crippen molar-refractivity contribution in [3.63, 3.8) is 0 Å². The second-order valence-electron chi connectivity index (χ2n) is 7.31. The molecule has 1 aliphatic rings. The van der Waals surface area contributed by atoms with Crippen LogP contribution in [0.25, 0.3) is 0 Å². The van der Waals surface area contributed by atoms with Gasteiger partial charge in [-0.25, -0.2) is 8.42 Å². The molecule has 1 amide bonds. The number of piperazine rings is 1. The summed E-state index contributed by atoms with van der Waals surface area (Å²) in [6.07, 6.45) is 1.26. The zero-order chi connectivity index (χ0) is 21.0. The number of nitrogens with one attached hydrogen (secondary N) is 1. The maximum atomic E-state index is 12.8. The SMILES string of the molecule is CC(C)Oc1cccc(C(=O)Nc2ccccc2N2CCN(S(C)(=O)=O)CC2)c1. The summed E-state index contributed by atoms with van der Waals surface area (Å²) in [5, 5.41) is 2.98. The highest BCUT2D eigenvalue weighted by Gasteiger charge is 2.24. The van der Waals surface area contributed by atoms with Gasteiger partial charge < -0.3 is 15.0 Å². The Morgan fingerprint density at radius 2 is 1.72 bits per heavy atom. The number of carbonyl (C=O) groups is 1. The molecule has 0 saturated carbocycles. The van der Waals surface area contributed by atoms with Crippen LogP contribution in [0.2, 0.25) is 0 Å². The average Bonchev–Trinajstić information content (AvgIpc) is 2.67. The Balaban J connectivity index is 1.74. The predicted octanol–water partition coefficient (Wildman–Crippen LogP) is 2.81. The van der Waals surface area contributed by atoms with E-state index >= 15 is 0 Å². The van der Waals surface area contributed by atoms with Gasteiger partial charge in [-0.3, -0.25) is 4.79 Å². The van der Waals surface area contributed by atoms with E-state index in [9.17, 15) is 13.2 Å². The summed E-state index contributed by atoms with van der Waals surface area (Å²) in [6, 6.07) is 14.7. The van der Waals surface area contributed by atoms with Crippen molar-refractivity contribution in [1.29, 1.82) is 0 Å². The fraction of sp³-hybridized carbons (Fsp3) is 0.381. The third-order valence-corrected chi connectivity index (χ3v) is 5.97. The molecule has 0 spiro atoms. The summed E-state index contributed by atoms with van der Waals surface area (Å²) in [5.41, 5.74) is 2.09. The predicted molar refractivity (Wildman–Crippen MR) is 115 cm³/mol. The van der Waals surface area contributed by atoms with E-state index in [0.717, 1.165) is 5.69 Å². The van der Waals surface area contributed by atoms with Crippen LogP contribution in [0.5, 0.6) is 5.75 Å². The highest BCUT2D eigenvalue weighted by atomic mass is 32.2. The molecule has 156 valence electrons. The lowest BCUT2D eigenvalue weighted by molar-refractivity contribution is 0.102. The lowest BCUT2D eigenvalue weighted by atomic mass is 10.1. The Labute approximate surface area is 172 Å². The maximum Gasteiger partial charge on any atom is 0.255 e. The molecule has 0 unspecified atom stereocenters. The van der Waals surface area contributed by atoms with Crippen LogP contribution in [0.1, 0.15) is 24.2 Å². The third-order valence-electron chi connectivity index (χ3n) is 4.67. The number of ether oxygens (including phenoxy) is 1. The van der Waals surface area contributed by atoms with Gasteiger partial charge in [-0.15, -0.1) is 0 Å². The number of anilines is 2. The topological polar surface area (TPSA) is 79.0 Å². The van der Waals surface area contributed by atoms with E-state index in [1.54, 1.807) is 18.2 Å². The first-order chi connectivity index (χ1) is 13.7. The molecule has 1 saturated heterocycles. The summed E-state index contributed by atoms with van der Waals surface area (Å²) in [7, 11) is -3.18. The van der Waals surface area contributed by atoms with Gasteiger partial charge in [0.15, 0.2) is 0 Å². The van der Waals surface area contributed by atoms with Crippen LogP contribution in [-0.2, 0) is 10.0 Å². The van der Waals surface area contributed by atoms with Gasteiger partial charge in [0.2, 0.25) is 10.0 Å². The van der Waals surface area contributed by atoms with Crippen molar-refractivity contribution in [2.24, 2.45) is 0 Å². The largest absolute Gasteiger partial charge is 0.491 e. The highest BCUT2D eigenvalue weighted by Crippen LogP contribution is 2.28. The first-order valence-electron chi connectivity index (χ1n) is 9.61. The minimum Gasteiger partial charge on any atom is -0.491 e. The molecule has 1 N–H and O–H groups in total. The van der Waals surface area contributed by atoms with Crippen molar-refractivity contribution >= 4 is 27.3 Å². The van der Waals surface area contributed by atoms with Gasteiger partial charge >= 0.3 is 0 Å². The number of rotatable bonds is 6. The Hall–Kier alpha value is -2.58. The molecule has 2 aromatic rings. The molecule has 7 nitrogen and oxygen atoms in total. The number of para-hydroxylation sites is 2. The number of hydrogen-bond acceptors (Lipinski definition) is 5. The minimum absolute atomic E-state index is 0.0274. The number of benzene rings is 2. The van der Waals surface area contributed by atoms with Crippen molar-refractivity contribution < 1.29 is 17.9 Å². The van der Waals surface area contributed by atoms with Crippen LogP contribution in [0.3, 0.4) is 0 Å². The fourth-order valence-electron chi connectivity index (χ4n) is 3.29. The molecule has 8 heteroatoms. The van der Waals surface area contributed by atoms with Crippen molar-refractivity contribution in [3.05, 3.63) is 54.1 Å². The van der Waals surface area contributed by atoms with Gasteiger partial charge in [0.05, 0.1) is 23.7 Å². The molecule has 29 heavy (non-hydrogen) atoms. The van der Waals surface area contributed by atoms with E-state index in [2.05, 4.69) is 10.2 Å². The van der Waals surface area contributed by atoms with E-state index in [4.69, 9.17) is 4.74 Å². The van der Waals surface area contributed by atoms with Crippen molar-refractivity contribution in [2.75, 3.05) is 42.7 Å². The molecule has 2 aromatic carbocycles. The van der Waals surface area contributed by atoms with Crippen molar-refractivity contribution in [3.8, 4) is 5.75 Å². The van der Waals surface area contributed by atoms with Gasteiger partial charge in [0.25, 0.3) is 5.91 Å². The lowest BCUT2D eigenvalue weighted by Crippen LogP contribution is -2.48. The first kappa shape index (κ1) is 21.1. The molecule has 0 atom stereocenters. The van der Waals surface area contributed by atoms with Crippen molar-refractivity contribution in [2.45, 2.75) is 20.0 Å². The smallest absolute Gasteiger partial charge is 0.255 e. The van der Waals surface area contributed by atoms with Crippen LogP contribution < -0.4 is 15.0 Å². The van der Waals surface area contributed by atoms with Gasteiger partial charge in [-0.2, -0.15) is 4.31 Å². The third kappa shape index (κ3) is 5.48. The Bertz CT molecular complexity index is 967. The monoisotopic (exact) mass is 417 g/mol. The van der Waals surface area contributed by atoms with Gasteiger partial charge in [-0.1, -0.05) is 18.2 Å². The first-order valence-corrected chi connectivity index (χ1v) is 11.5. The number of amides is 1. The second-order valence-corrected chi connectivity index (χ2v) is 9.30. The van der Waals surface area contributed by atoms with E-state index in [0.29, 0.717) is 43.2 Å². The number of carbonyl (C=O) groups excluding carboxylic acids is 1. The van der Waals surface area contributed by atoms with Gasteiger partial charge in [0.1, 0.15) is 5.75 Å². The summed E-state index contributed by atoms with van der Waals surface area (Å²) in [5.74, 6) is 0.430. The van der Waals surface area contributed by atoms with E-state index in [1.165, 1.54) is 10.6 Å². The molecule has 0 radical (unpaired) electrons. The zero-order valence-corrected chi connectivity index (χ0v) is 17.8. The second kappa shape index (κ2) is 8.84. The van der Waals surface area contributed by atoms with E-state index in [1.807, 2.05) is 44.2 Å². The average molecular weight is 418 g/mol. The Kier molecular flexibility index (Phi) is 6.44. The normalized spacial score (nSPS) is 15.4. The summed E-state index contributed by atoms with van der Waals surface area (Å²) in [4.78, 5) is 14.9. The molecular weight excluding hydrogens is 390 g/mol. The van der Waals surface area contributed by atoms with Crippen LogP contribution in [-0.4, -0.2) is 57.2 Å². The Morgan fingerprint density at radius 1 is 1.03 bits per heavy atom. The highest BCUT2D eigenvalue weighted by molar-refractivity contribution is 7.88. The zero-order valence-electron chi connectivity index (χ0n) is 17.0. The molecule has 1 fully saturated rings. The molecule has 0 bridgehead atoms. The van der Waals surface area contributed by atoms with Gasteiger partial charge in [0, 0.05) is 31.7 Å². The van der Waals surface area contributed by atoms with E-state index in [-0.39, 0.29) is 12.0 Å². The molecular formula is C21H27N3O4S. The Morgan fingerprint density at radius 3 is 2.38 bits per heavy atom. The molecule has 0 aliphatic carbocycles. The summed E-state index contributed by atoms with van der Waals surface area (Å²) < 4.78 is 30.6. The molecule has 0 aromatic heterocycles. The van der Waals surface area contributed by atoms with Crippen LogP contribution in [0.4, 0.5) is 11.4 Å². The van der Waals surface area contributed by atoms with Crippen LogP contribution >= 0.6 is 0 Å². The number of nitrogens with zero attached hydrogens (tertiary/aromatic N) is 2. The summed E-state index contributed by atoms with van der Waals surface area (Å²) in [6.45, 7) is 5.86. The van der Waals surface area contributed by atoms with Crippen LogP contribution in [0, 0.1) is 0 Å². The van der Waals surface area contributed by atoms with Crippen LogP contribution in [0.15, 0.2) is 48.5 Å². The van der Waals surface area contributed by atoms with Gasteiger partial charge in [-0.05, 0) is 44.2 Å². The maximum absolute atomic E-state index is 12.8. The molecule has 1 aliphatic heterocycles. The molecule has 3 rings (SSSR count). The number of hydrogen-bond donors (Lipinski definition) is 1. The number of sulfonamides is 1.